The molecule has 2 aromatic rings. The number of carbonyl (C=O) groups is 1. The van der Waals surface area contributed by atoms with E-state index in [9.17, 15) is 4.79 Å². The van der Waals surface area contributed by atoms with E-state index in [0.717, 1.165) is 36.1 Å². The number of fused-ring (bicyclic) bond motifs is 1. The molecule has 1 aromatic carbocycles. The Labute approximate surface area is 142 Å². The van der Waals surface area contributed by atoms with Crippen molar-refractivity contribution in [2.24, 2.45) is 0 Å². The second-order valence-electron chi connectivity index (χ2n) is 6.23. The van der Waals surface area contributed by atoms with E-state index in [1.807, 2.05) is 36.4 Å². The molecule has 1 aliphatic carbocycles. The maximum absolute atomic E-state index is 12.6. The van der Waals surface area contributed by atoms with Crippen molar-refractivity contribution in [3.63, 3.8) is 0 Å². The highest BCUT2D eigenvalue weighted by Crippen LogP contribution is 2.39. The molecule has 0 spiro atoms. The summed E-state index contributed by atoms with van der Waals surface area (Å²) in [6.45, 7) is 1.05. The van der Waals surface area contributed by atoms with Crippen molar-refractivity contribution < 1.29 is 14.3 Å². The molecule has 0 N–H and O–H groups in total. The molecule has 1 aliphatic rings. The van der Waals surface area contributed by atoms with E-state index in [4.69, 9.17) is 9.47 Å². The SMILES string of the molecule is COC(=O)C1(CCOCc2ccccc2)CCCc2cccnc21. The van der Waals surface area contributed by atoms with Crippen molar-refractivity contribution in [3.8, 4) is 0 Å². The molecule has 0 saturated heterocycles. The number of hydrogen-bond donors (Lipinski definition) is 0. The Morgan fingerprint density at radius 3 is 2.83 bits per heavy atom. The summed E-state index contributed by atoms with van der Waals surface area (Å²) in [4.78, 5) is 17.1. The van der Waals surface area contributed by atoms with Crippen LogP contribution in [0, 0.1) is 0 Å². The molecule has 0 aliphatic heterocycles. The smallest absolute Gasteiger partial charge is 0.317 e. The summed E-state index contributed by atoms with van der Waals surface area (Å²) < 4.78 is 11.0. The van der Waals surface area contributed by atoms with Crippen LogP contribution in [0.15, 0.2) is 48.7 Å². The van der Waals surface area contributed by atoms with Crippen molar-refractivity contribution in [2.45, 2.75) is 37.7 Å². The van der Waals surface area contributed by atoms with Crippen LogP contribution in [0.1, 0.15) is 36.1 Å². The van der Waals surface area contributed by atoms with Crippen LogP contribution in [0.2, 0.25) is 0 Å². The molecule has 1 heterocycles. The van der Waals surface area contributed by atoms with Crippen molar-refractivity contribution in [1.29, 1.82) is 0 Å². The van der Waals surface area contributed by atoms with Gasteiger partial charge in [0.05, 0.1) is 19.4 Å². The van der Waals surface area contributed by atoms with Gasteiger partial charge in [0.2, 0.25) is 0 Å². The molecule has 0 saturated carbocycles. The number of esters is 1. The minimum atomic E-state index is -0.680. The standard InChI is InChI=1S/C20H23NO3/c1-23-19(22)20(11-5-9-17-10-6-13-21-18(17)20)12-14-24-15-16-7-3-2-4-8-16/h2-4,6-8,10,13H,5,9,11-12,14-15H2,1H3. The number of aryl methyl sites for hydroxylation is 1. The van der Waals surface area contributed by atoms with Crippen LogP contribution in [0.25, 0.3) is 0 Å². The molecular formula is C20H23NO3. The fourth-order valence-corrected chi connectivity index (χ4v) is 3.52. The van der Waals surface area contributed by atoms with Crippen LogP contribution in [-0.2, 0) is 32.7 Å². The highest BCUT2D eigenvalue weighted by Gasteiger charge is 2.45. The normalized spacial score (nSPS) is 19.5. The van der Waals surface area contributed by atoms with Gasteiger partial charge in [-0.25, -0.2) is 0 Å². The Bertz CT molecular complexity index is 686. The highest BCUT2D eigenvalue weighted by atomic mass is 16.5. The average Bonchev–Trinajstić information content (AvgIpc) is 2.65. The maximum atomic E-state index is 12.6. The first kappa shape index (κ1) is 16.7. The van der Waals surface area contributed by atoms with E-state index >= 15 is 0 Å². The average molecular weight is 325 g/mol. The number of rotatable bonds is 6. The zero-order valence-electron chi connectivity index (χ0n) is 14.0. The van der Waals surface area contributed by atoms with Crippen molar-refractivity contribution >= 4 is 5.97 Å². The van der Waals surface area contributed by atoms with E-state index in [0.29, 0.717) is 19.6 Å². The van der Waals surface area contributed by atoms with Gasteiger partial charge < -0.3 is 9.47 Å². The third-order valence-electron chi connectivity index (χ3n) is 4.76. The maximum Gasteiger partial charge on any atom is 0.317 e. The Morgan fingerprint density at radius 2 is 2.04 bits per heavy atom. The lowest BCUT2D eigenvalue weighted by molar-refractivity contribution is -0.149. The molecule has 4 nitrogen and oxygen atoms in total. The van der Waals surface area contributed by atoms with E-state index in [2.05, 4.69) is 11.1 Å². The van der Waals surface area contributed by atoms with Gasteiger partial charge in [-0.3, -0.25) is 9.78 Å². The molecule has 0 radical (unpaired) electrons. The third-order valence-corrected chi connectivity index (χ3v) is 4.76. The number of benzene rings is 1. The molecule has 0 bridgehead atoms. The lowest BCUT2D eigenvalue weighted by Crippen LogP contribution is -2.42. The van der Waals surface area contributed by atoms with Crippen LogP contribution >= 0.6 is 0 Å². The molecule has 1 aromatic heterocycles. The van der Waals surface area contributed by atoms with Crippen molar-refractivity contribution in [1.82, 2.24) is 4.98 Å². The second kappa shape index (κ2) is 7.58. The number of pyridine rings is 1. The molecule has 1 unspecified atom stereocenters. The molecular weight excluding hydrogens is 302 g/mol. The first-order chi connectivity index (χ1) is 11.8. The fraction of sp³-hybridized carbons (Fsp3) is 0.400. The van der Waals surface area contributed by atoms with Gasteiger partial charge in [-0.15, -0.1) is 0 Å². The van der Waals surface area contributed by atoms with Gasteiger partial charge in [0.15, 0.2) is 0 Å². The Hall–Kier alpha value is -2.20. The van der Waals surface area contributed by atoms with Crippen molar-refractivity contribution in [2.75, 3.05) is 13.7 Å². The van der Waals surface area contributed by atoms with E-state index in [1.54, 1.807) is 6.20 Å². The molecule has 0 fully saturated rings. The molecule has 0 amide bonds. The molecule has 3 rings (SSSR count). The predicted molar refractivity (Wildman–Crippen MR) is 91.6 cm³/mol. The summed E-state index contributed by atoms with van der Waals surface area (Å²) in [6.07, 6.45) is 5.04. The lowest BCUT2D eigenvalue weighted by atomic mass is 9.71. The van der Waals surface area contributed by atoms with Crippen LogP contribution in [-0.4, -0.2) is 24.7 Å². The minimum Gasteiger partial charge on any atom is -0.468 e. The first-order valence-electron chi connectivity index (χ1n) is 8.41. The van der Waals surface area contributed by atoms with Gasteiger partial charge in [-0.05, 0) is 42.9 Å². The number of carbonyl (C=O) groups excluding carboxylic acids is 1. The van der Waals surface area contributed by atoms with Crippen LogP contribution in [0.3, 0.4) is 0 Å². The topological polar surface area (TPSA) is 48.4 Å². The second-order valence-corrected chi connectivity index (χ2v) is 6.23. The summed E-state index contributed by atoms with van der Waals surface area (Å²) in [6, 6.07) is 14.0. The number of methoxy groups -OCH3 is 1. The quantitative estimate of drug-likeness (QED) is 0.603. The third kappa shape index (κ3) is 3.34. The largest absolute Gasteiger partial charge is 0.468 e. The van der Waals surface area contributed by atoms with Crippen LogP contribution in [0.4, 0.5) is 0 Å². The Morgan fingerprint density at radius 1 is 1.21 bits per heavy atom. The van der Waals surface area contributed by atoms with Gasteiger partial charge in [0, 0.05) is 12.8 Å². The van der Waals surface area contributed by atoms with Gasteiger partial charge >= 0.3 is 5.97 Å². The summed E-state index contributed by atoms with van der Waals surface area (Å²) in [5, 5.41) is 0. The van der Waals surface area contributed by atoms with E-state index in [-0.39, 0.29) is 5.97 Å². The van der Waals surface area contributed by atoms with Crippen LogP contribution in [0.5, 0.6) is 0 Å². The molecule has 4 heteroatoms. The number of nitrogens with zero attached hydrogens (tertiary/aromatic N) is 1. The van der Waals surface area contributed by atoms with Gasteiger partial charge in [-0.2, -0.15) is 0 Å². The zero-order valence-corrected chi connectivity index (χ0v) is 14.0. The Balaban J connectivity index is 1.72. The van der Waals surface area contributed by atoms with Gasteiger partial charge in [-0.1, -0.05) is 36.4 Å². The monoisotopic (exact) mass is 325 g/mol. The number of ether oxygens (including phenoxy) is 2. The number of aromatic nitrogens is 1. The summed E-state index contributed by atoms with van der Waals surface area (Å²) in [5.41, 5.74) is 2.47. The predicted octanol–water partition coefficient (Wildman–Crippen LogP) is 3.44. The lowest BCUT2D eigenvalue weighted by Gasteiger charge is -2.35. The molecule has 126 valence electrons. The molecule has 24 heavy (non-hydrogen) atoms. The minimum absolute atomic E-state index is 0.203. The summed E-state index contributed by atoms with van der Waals surface area (Å²) >= 11 is 0. The highest BCUT2D eigenvalue weighted by molar-refractivity contribution is 5.83. The zero-order chi connectivity index (χ0) is 16.8. The van der Waals surface area contributed by atoms with Crippen molar-refractivity contribution in [3.05, 3.63) is 65.5 Å². The van der Waals surface area contributed by atoms with Crippen LogP contribution < -0.4 is 0 Å². The Kier molecular flexibility index (Phi) is 5.26. The summed E-state index contributed by atoms with van der Waals surface area (Å²) in [7, 11) is 1.45. The number of hydrogen-bond acceptors (Lipinski definition) is 4. The summed E-state index contributed by atoms with van der Waals surface area (Å²) in [5.74, 6) is -0.203. The van der Waals surface area contributed by atoms with Gasteiger partial charge in [0.25, 0.3) is 0 Å². The van der Waals surface area contributed by atoms with Gasteiger partial charge in [0.1, 0.15) is 5.41 Å². The fourth-order valence-electron chi connectivity index (χ4n) is 3.52. The molecule has 1 atom stereocenters. The first-order valence-corrected chi connectivity index (χ1v) is 8.41. The van der Waals surface area contributed by atoms with E-state index < -0.39 is 5.41 Å². The van der Waals surface area contributed by atoms with E-state index in [1.165, 1.54) is 7.11 Å².